The molecular weight excluding hydrogens is 430 g/mol. The molecule has 6 nitrogen and oxygen atoms in total. The lowest BCUT2D eigenvalue weighted by atomic mass is 10.1. The Morgan fingerprint density at radius 3 is 2.16 bits per heavy atom. The molecule has 0 aliphatic carbocycles. The fourth-order valence-electron chi connectivity index (χ4n) is 2.97. The highest BCUT2D eigenvalue weighted by molar-refractivity contribution is 6.30. The van der Waals surface area contributed by atoms with Crippen molar-refractivity contribution in [2.45, 2.75) is 18.9 Å². The number of amides is 1. The molecule has 32 heavy (non-hydrogen) atoms. The average Bonchev–Trinajstić information content (AvgIpc) is 2.82. The Hall–Kier alpha value is -3.64. The molecule has 3 aromatic rings. The molecule has 0 aromatic heterocycles. The molecule has 1 amide bonds. The maximum atomic E-state index is 12.9. The molecule has 164 valence electrons. The van der Waals surface area contributed by atoms with Crippen LogP contribution in [0, 0.1) is 0 Å². The molecule has 0 spiro atoms. The van der Waals surface area contributed by atoms with Crippen LogP contribution in [0.4, 0.5) is 5.69 Å². The number of hydrogen-bond acceptors (Lipinski definition) is 5. The number of carbonyl (C=O) groups is 3. The van der Waals surface area contributed by atoms with Crippen LogP contribution in [0.2, 0.25) is 5.02 Å². The van der Waals surface area contributed by atoms with Gasteiger partial charge in [-0.2, -0.15) is 0 Å². The van der Waals surface area contributed by atoms with Crippen LogP contribution in [0.5, 0.6) is 5.75 Å². The zero-order valence-electron chi connectivity index (χ0n) is 17.4. The topological polar surface area (TPSA) is 81.7 Å². The third kappa shape index (κ3) is 6.43. The van der Waals surface area contributed by atoms with Crippen molar-refractivity contribution in [2.75, 3.05) is 12.4 Å². The van der Waals surface area contributed by atoms with Crippen LogP contribution < -0.4 is 10.1 Å². The lowest BCUT2D eigenvalue weighted by Gasteiger charge is -2.18. The highest BCUT2D eigenvalue weighted by Crippen LogP contribution is 2.22. The van der Waals surface area contributed by atoms with E-state index < -0.39 is 18.0 Å². The first kappa shape index (κ1) is 23.0. The molecule has 0 saturated carbocycles. The fourth-order valence-corrected chi connectivity index (χ4v) is 3.09. The summed E-state index contributed by atoms with van der Waals surface area (Å²) in [5.41, 5.74) is 1.51. The smallest absolute Gasteiger partial charge is 0.307 e. The van der Waals surface area contributed by atoms with E-state index >= 15 is 0 Å². The summed E-state index contributed by atoms with van der Waals surface area (Å²) >= 11 is 5.83. The minimum absolute atomic E-state index is 0.0396. The normalized spacial score (nSPS) is 11.3. The summed E-state index contributed by atoms with van der Waals surface area (Å²) in [6.45, 7) is 0. The first-order valence-corrected chi connectivity index (χ1v) is 10.3. The largest absolute Gasteiger partial charge is 0.497 e. The van der Waals surface area contributed by atoms with Crippen molar-refractivity contribution < 1.29 is 23.9 Å². The number of esters is 1. The first-order valence-electron chi connectivity index (χ1n) is 9.94. The van der Waals surface area contributed by atoms with Crippen LogP contribution >= 0.6 is 11.6 Å². The summed E-state index contributed by atoms with van der Waals surface area (Å²) in [5, 5.41) is 3.26. The van der Waals surface area contributed by atoms with Gasteiger partial charge in [0.15, 0.2) is 5.78 Å². The van der Waals surface area contributed by atoms with Crippen molar-refractivity contribution in [2.24, 2.45) is 0 Å². The summed E-state index contributed by atoms with van der Waals surface area (Å²) in [4.78, 5) is 37.7. The van der Waals surface area contributed by atoms with Crippen molar-refractivity contribution >= 4 is 34.9 Å². The van der Waals surface area contributed by atoms with Crippen LogP contribution in [0.25, 0.3) is 0 Å². The zero-order chi connectivity index (χ0) is 22.9. The molecule has 1 N–H and O–H groups in total. The molecule has 0 saturated heterocycles. The van der Waals surface area contributed by atoms with E-state index in [1.54, 1.807) is 86.0 Å². The Morgan fingerprint density at radius 2 is 1.53 bits per heavy atom. The number of ketones is 1. The molecule has 0 aliphatic heterocycles. The van der Waals surface area contributed by atoms with E-state index in [4.69, 9.17) is 21.1 Å². The quantitative estimate of drug-likeness (QED) is 0.355. The van der Waals surface area contributed by atoms with Gasteiger partial charge in [0.1, 0.15) is 5.75 Å². The molecule has 0 fully saturated rings. The van der Waals surface area contributed by atoms with E-state index in [-0.39, 0.29) is 18.6 Å². The summed E-state index contributed by atoms with van der Waals surface area (Å²) in [6, 6.07) is 21.9. The number of methoxy groups -OCH3 is 1. The monoisotopic (exact) mass is 451 g/mol. The molecule has 0 bridgehead atoms. The number of benzene rings is 3. The van der Waals surface area contributed by atoms with Crippen LogP contribution in [-0.4, -0.2) is 24.8 Å². The van der Waals surface area contributed by atoms with Gasteiger partial charge in [-0.3, -0.25) is 14.4 Å². The number of halogens is 1. The summed E-state index contributed by atoms with van der Waals surface area (Å²) in [6.07, 6.45) is -1.35. The number of nitrogens with one attached hydrogen (secondary N) is 1. The van der Waals surface area contributed by atoms with Crippen molar-refractivity contribution in [3.05, 3.63) is 95.0 Å². The molecule has 1 unspecified atom stereocenters. The third-order valence-electron chi connectivity index (χ3n) is 4.67. The molecule has 7 heteroatoms. The van der Waals surface area contributed by atoms with Crippen LogP contribution in [0.1, 0.15) is 34.9 Å². The number of carbonyl (C=O) groups excluding carboxylic acids is 3. The van der Waals surface area contributed by atoms with Gasteiger partial charge in [0.05, 0.1) is 13.5 Å². The Morgan fingerprint density at radius 1 is 0.875 bits per heavy atom. The fraction of sp³-hybridized carbons (Fsp3) is 0.160. The number of anilines is 1. The van der Waals surface area contributed by atoms with E-state index in [0.717, 1.165) is 0 Å². The van der Waals surface area contributed by atoms with E-state index in [2.05, 4.69) is 5.32 Å². The van der Waals surface area contributed by atoms with Gasteiger partial charge in [-0.1, -0.05) is 41.9 Å². The predicted octanol–water partition coefficient (Wildman–Crippen LogP) is 5.23. The first-order chi connectivity index (χ1) is 15.5. The number of hydrogen-bond donors (Lipinski definition) is 1. The lowest BCUT2D eigenvalue weighted by molar-refractivity contribution is -0.154. The molecule has 0 heterocycles. The van der Waals surface area contributed by atoms with Crippen molar-refractivity contribution in [1.29, 1.82) is 0 Å². The summed E-state index contributed by atoms with van der Waals surface area (Å²) < 4.78 is 10.6. The highest BCUT2D eigenvalue weighted by Gasteiger charge is 2.25. The van der Waals surface area contributed by atoms with Gasteiger partial charge in [0.2, 0.25) is 6.10 Å². The van der Waals surface area contributed by atoms with Crippen molar-refractivity contribution in [3.63, 3.8) is 0 Å². The number of Topliss-reactive ketones (excluding diaryl/α,β-unsaturated/α-hetero) is 1. The van der Waals surface area contributed by atoms with E-state index in [1.165, 1.54) is 0 Å². The molecule has 3 aromatic carbocycles. The van der Waals surface area contributed by atoms with Crippen LogP contribution in [0.15, 0.2) is 78.9 Å². The van der Waals surface area contributed by atoms with E-state index in [1.807, 2.05) is 0 Å². The lowest BCUT2D eigenvalue weighted by Crippen LogP contribution is -2.26. The van der Waals surface area contributed by atoms with Gasteiger partial charge < -0.3 is 14.8 Å². The minimum Gasteiger partial charge on any atom is -0.497 e. The number of rotatable bonds is 9. The molecular formula is C25H22ClNO5. The second-order valence-electron chi connectivity index (χ2n) is 6.93. The van der Waals surface area contributed by atoms with Gasteiger partial charge in [0, 0.05) is 28.3 Å². The second-order valence-corrected chi connectivity index (χ2v) is 7.36. The van der Waals surface area contributed by atoms with Crippen LogP contribution in [-0.2, 0) is 14.3 Å². The standard InChI is InChI=1S/C25H22ClNO5/c1-31-21-13-11-20(12-14-21)27-25(30)24(18-5-3-2-4-6-18)32-23(29)16-15-22(28)17-7-9-19(26)10-8-17/h2-14,24H,15-16H2,1H3,(H,27,30). The van der Waals surface area contributed by atoms with Gasteiger partial charge >= 0.3 is 5.97 Å². The van der Waals surface area contributed by atoms with E-state index in [0.29, 0.717) is 27.6 Å². The van der Waals surface area contributed by atoms with E-state index in [9.17, 15) is 14.4 Å². The summed E-state index contributed by atoms with van der Waals surface area (Å²) in [7, 11) is 1.55. The minimum atomic E-state index is -1.16. The highest BCUT2D eigenvalue weighted by atomic mass is 35.5. The van der Waals surface area contributed by atoms with Gasteiger partial charge in [-0.05, 0) is 48.5 Å². The maximum Gasteiger partial charge on any atom is 0.307 e. The third-order valence-corrected chi connectivity index (χ3v) is 4.92. The molecule has 0 radical (unpaired) electrons. The zero-order valence-corrected chi connectivity index (χ0v) is 18.2. The Kier molecular flexibility index (Phi) is 8.00. The van der Waals surface area contributed by atoms with Gasteiger partial charge in [-0.25, -0.2) is 0 Å². The van der Waals surface area contributed by atoms with Crippen LogP contribution in [0.3, 0.4) is 0 Å². The average molecular weight is 452 g/mol. The predicted molar refractivity (Wildman–Crippen MR) is 122 cm³/mol. The van der Waals surface area contributed by atoms with Crippen molar-refractivity contribution in [3.8, 4) is 5.75 Å². The summed E-state index contributed by atoms with van der Waals surface area (Å²) in [5.74, 6) is -0.707. The Balaban J connectivity index is 1.65. The number of ether oxygens (including phenoxy) is 2. The molecule has 1 atom stereocenters. The Labute approximate surface area is 191 Å². The Bertz CT molecular complexity index is 1070. The maximum absolute atomic E-state index is 12.9. The SMILES string of the molecule is COc1ccc(NC(=O)C(OC(=O)CCC(=O)c2ccc(Cl)cc2)c2ccccc2)cc1. The molecule has 3 rings (SSSR count). The second kappa shape index (κ2) is 11.1. The van der Waals surface area contributed by atoms with Crippen molar-refractivity contribution in [1.82, 2.24) is 0 Å². The van der Waals surface area contributed by atoms with Gasteiger partial charge in [0.25, 0.3) is 5.91 Å². The van der Waals surface area contributed by atoms with Gasteiger partial charge in [-0.15, -0.1) is 0 Å². The molecule has 0 aliphatic rings.